The lowest BCUT2D eigenvalue weighted by Gasteiger charge is -2.72. The number of allylic oxidation sites excluding steroid dienone is 2. The molecule has 0 aromatic rings. The van der Waals surface area contributed by atoms with Gasteiger partial charge in [-0.05, 0) is 115 Å². The van der Waals surface area contributed by atoms with Crippen LogP contribution in [0.4, 0.5) is 0 Å². The van der Waals surface area contributed by atoms with E-state index in [9.17, 15) is 4.79 Å². The molecule has 0 aromatic heterocycles. The highest BCUT2D eigenvalue weighted by atomic mass is 16.1. The molecule has 8 atom stereocenters. The van der Waals surface area contributed by atoms with Crippen LogP contribution < -0.4 is 0 Å². The second-order valence-corrected chi connectivity index (χ2v) is 14.7. The van der Waals surface area contributed by atoms with Gasteiger partial charge in [-0.3, -0.25) is 0 Å². The number of carbonyl (C=O) groups excluding carboxylic acids is 1. The van der Waals surface area contributed by atoms with Gasteiger partial charge >= 0.3 is 0 Å². The molecule has 0 N–H and O–H groups in total. The maximum absolute atomic E-state index is 12.6. The van der Waals surface area contributed by atoms with Crippen molar-refractivity contribution in [2.45, 2.75) is 120 Å². The molecule has 4 fully saturated rings. The fourth-order valence-electron chi connectivity index (χ4n) is 11.1. The van der Waals surface area contributed by atoms with Crippen molar-refractivity contribution in [2.24, 2.45) is 56.7 Å². The van der Waals surface area contributed by atoms with Gasteiger partial charge in [0.05, 0.1) is 0 Å². The Morgan fingerprint density at radius 2 is 1.53 bits per heavy atom. The van der Waals surface area contributed by atoms with Crippen LogP contribution in [-0.2, 0) is 4.79 Å². The van der Waals surface area contributed by atoms with Gasteiger partial charge in [-0.25, -0.2) is 0 Å². The summed E-state index contributed by atoms with van der Waals surface area (Å²) in [4.78, 5) is 12.6. The van der Waals surface area contributed by atoms with E-state index in [-0.39, 0.29) is 5.41 Å². The molecule has 1 heteroatoms. The standard InChI is InChI=1S/C31H50O/c1-20(2)22-12-16-31(19-32)18-17-29(7)23(26(22)31)9-10-25-28(6)14-11-21(3)27(4,5)24(28)13-15-30(25,29)8/h19-21,23-25H,9-18H2,1-8H3/t21-,23+,24-,25+,28-,29+,30+,31+/m0/s1. The summed E-state index contributed by atoms with van der Waals surface area (Å²) in [6.07, 6.45) is 14.4. The minimum Gasteiger partial charge on any atom is -0.302 e. The zero-order valence-electron chi connectivity index (χ0n) is 22.4. The second-order valence-electron chi connectivity index (χ2n) is 14.7. The van der Waals surface area contributed by atoms with Crippen LogP contribution in [0.3, 0.4) is 0 Å². The summed E-state index contributed by atoms with van der Waals surface area (Å²) >= 11 is 0. The van der Waals surface area contributed by atoms with Gasteiger partial charge in [0.1, 0.15) is 6.29 Å². The molecule has 0 bridgehead atoms. The van der Waals surface area contributed by atoms with Gasteiger partial charge < -0.3 is 4.79 Å². The molecule has 32 heavy (non-hydrogen) atoms. The SMILES string of the molecule is CC(C)C1=C2[C@H]3CC[C@@H]4[C@@]5(C)CC[C@H](C)C(C)(C)[C@@H]5CC[C@@]4(C)[C@]3(C)CC[C@@]2(C=O)CC1. The Bertz CT molecular complexity index is 833. The summed E-state index contributed by atoms with van der Waals surface area (Å²) < 4.78 is 0. The van der Waals surface area contributed by atoms with E-state index in [1.54, 1.807) is 11.1 Å². The van der Waals surface area contributed by atoms with Crippen molar-refractivity contribution in [1.82, 2.24) is 0 Å². The van der Waals surface area contributed by atoms with Crippen LogP contribution in [0.5, 0.6) is 0 Å². The van der Waals surface area contributed by atoms with Gasteiger partial charge in [0.25, 0.3) is 0 Å². The molecule has 5 rings (SSSR count). The first-order valence-electron chi connectivity index (χ1n) is 14.1. The molecule has 1 nitrogen and oxygen atoms in total. The maximum Gasteiger partial charge on any atom is 0.130 e. The Balaban J connectivity index is 1.59. The quantitative estimate of drug-likeness (QED) is 0.311. The Labute approximate surface area is 198 Å². The van der Waals surface area contributed by atoms with Crippen LogP contribution in [0.1, 0.15) is 120 Å². The van der Waals surface area contributed by atoms with Crippen molar-refractivity contribution in [1.29, 1.82) is 0 Å². The molecular weight excluding hydrogens is 388 g/mol. The van der Waals surface area contributed by atoms with E-state index in [2.05, 4.69) is 55.4 Å². The number of rotatable bonds is 2. The number of aldehydes is 1. The third-order valence-corrected chi connectivity index (χ3v) is 13.5. The molecule has 180 valence electrons. The zero-order chi connectivity index (χ0) is 23.3. The third-order valence-electron chi connectivity index (χ3n) is 13.5. The smallest absolute Gasteiger partial charge is 0.130 e. The van der Waals surface area contributed by atoms with Gasteiger partial charge in [0.2, 0.25) is 0 Å². The third kappa shape index (κ3) is 2.61. The van der Waals surface area contributed by atoms with Crippen LogP contribution in [0.2, 0.25) is 0 Å². The summed E-state index contributed by atoms with van der Waals surface area (Å²) in [5, 5.41) is 0. The fourth-order valence-corrected chi connectivity index (χ4v) is 11.1. The van der Waals surface area contributed by atoms with E-state index < -0.39 is 0 Å². The van der Waals surface area contributed by atoms with Crippen molar-refractivity contribution >= 4 is 6.29 Å². The average Bonchev–Trinajstić information content (AvgIpc) is 3.12. The van der Waals surface area contributed by atoms with Crippen molar-refractivity contribution in [3.8, 4) is 0 Å². The van der Waals surface area contributed by atoms with Crippen molar-refractivity contribution < 1.29 is 4.79 Å². The first kappa shape index (κ1) is 23.2. The van der Waals surface area contributed by atoms with Gasteiger partial charge in [-0.1, -0.05) is 66.5 Å². The number of hydrogen-bond acceptors (Lipinski definition) is 1. The van der Waals surface area contributed by atoms with Gasteiger partial charge in [-0.2, -0.15) is 0 Å². The van der Waals surface area contributed by atoms with E-state index in [0.717, 1.165) is 30.6 Å². The number of carbonyl (C=O) groups is 1. The largest absolute Gasteiger partial charge is 0.302 e. The topological polar surface area (TPSA) is 17.1 Å². The summed E-state index contributed by atoms with van der Waals surface area (Å²) in [6.45, 7) is 20.6. The minimum absolute atomic E-state index is 0.115. The van der Waals surface area contributed by atoms with Crippen LogP contribution in [0, 0.1) is 56.7 Å². The monoisotopic (exact) mass is 438 g/mol. The van der Waals surface area contributed by atoms with E-state index >= 15 is 0 Å². The summed E-state index contributed by atoms with van der Waals surface area (Å²) in [5.41, 5.74) is 4.92. The Morgan fingerprint density at radius 3 is 2.19 bits per heavy atom. The highest BCUT2D eigenvalue weighted by Crippen LogP contribution is 2.76. The lowest BCUT2D eigenvalue weighted by Crippen LogP contribution is -2.65. The molecule has 0 aliphatic heterocycles. The maximum atomic E-state index is 12.6. The van der Waals surface area contributed by atoms with E-state index in [1.807, 2.05) is 0 Å². The minimum atomic E-state index is -0.115. The number of fused-ring (bicyclic) bond motifs is 7. The second kappa shape index (κ2) is 6.97. The average molecular weight is 439 g/mol. The normalized spacial score (nSPS) is 52.2. The molecule has 5 aliphatic carbocycles. The Hall–Kier alpha value is -0.590. The Kier molecular flexibility index (Phi) is 5.05. The summed E-state index contributed by atoms with van der Waals surface area (Å²) in [6, 6.07) is 0. The lowest BCUT2D eigenvalue weighted by molar-refractivity contribution is -0.219. The van der Waals surface area contributed by atoms with E-state index in [0.29, 0.717) is 33.5 Å². The van der Waals surface area contributed by atoms with Gasteiger partial charge in [0.15, 0.2) is 0 Å². The summed E-state index contributed by atoms with van der Waals surface area (Å²) in [7, 11) is 0. The predicted octanol–water partition coefficient (Wildman–Crippen LogP) is 8.62. The summed E-state index contributed by atoms with van der Waals surface area (Å²) in [5.74, 6) is 3.78. The predicted molar refractivity (Wildman–Crippen MR) is 134 cm³/mol. The van der Waals surface area contributed by atoms with E-state index in [1.165, 1.54) is 57.7 Å². The van der Waals surface area contributed by atoms with Crippen molar-refractivity contribution in [3.63, 3.8) is 0 Å². The van der Waals surface area contributed by atoms with Crippen molar-refractivity contribution in [2.75, 3.05) is 0 Å². The molecule has 0 unspecified atom stereocenters. The first-order valence-corrected chi connectivity index (χ1v) is 14.1. The Morgan fingerprint density at radius 1 is 0.812 bits per heavy atom. The zero-order valence-corrected chi connectivity index (χ0v) is 22.4. The molecule has 0 aromatic carbocycles. The molecule has 0 saturated heterocycles. The molecule has 0 spiro atoms. The fraction of sp³-hybridized carbons (Fsp3) is 0.903. The van der Waals surface area contributed by atoms with Crippen LogP contribution >= 0.6 is 0 Å². The van der Waals surface area contributed by atoms with Crippen molar-refractivity contribution in [3.05, 3.63) is 11.1 Å². The van der Waals surface area contributed by atoms with Crippen LogP contribution in [0.25, 0.3) is 0 Å². The van der Waals surface area contributed by atoms with Gasteiger partial charge in [0, 0.05) is 5.41 Å². The lowest BCUT2D eigenvalue weighted by atomic mass is 9.32. The first-order chi connectivity index (χ1) is 14.9. The van der Waals surface area contributed by atoms with Crippen LogP contribution in [-0.4, -0.2) is 6.29 Å². The molecule has 0 amide bonds. The highest BCUT2D eigenvalue weighted by molar-refractivity contribution is 5.69. The molecule has 0 radical (unpaired) electrons. The molecule has 0 heterocycles. The van der Waals surface area contributed by atoms with E-state index in [4.69, 9.17) is 0 Å². The van der Waals surface area contributed by atoms with Crippen LogP contribution in [0.15, 0.2) is 11.1 Å². The molecular formula is C31H50O. The number of hydrogen-bond donors (Lipinski definition) is 0. The van der Waals surface area contributed by atoms with Gasteiger partial charge in [-0.15, -0.1) is 0 Å². The molecule has 5 aliphatic rings. The highest BCUT2D eigenvalue weighted by Gasteiger charge is 2.69. The molecule has 4 saturated carbocycles.